The largest absolute Gasteiger partial charge is 0.495 e. The first-order valence-electron chi connectivity index (χ1n) is 12.0. The molecule has 0 unspecified atom stereocenters. The summed E-state index contributed by atoms with van der Waals surface area (Å²) < 4.78 is 23.3. The quantitative estimate of drug-likeness (QED) is 0.316. The van der Waals surface area contributed by atoms with Gasteiger partial charge >= 0.3 is 5.97 Å². The highest BCUT2D eigenvalue weighted by Gasteiger charge is 2.27. The van der Waals surface area contributed by atoms with Gasteiger partial charge in [0.1, 0.15) is 11.6 Å². The lowest BCUT2D eigenvalue weighted by Gasteiger charge is -2.28. The van der Waals surface area contributed by atoms with Crippen molar-refractivity contribution >= 4 is 23.7 Å². The summed E-state index contributed by atoms with van der Waals surface area (Å²) in [6.07, 6.45) is 3.45. The number of rotatable bonds is 5. The number of methoxy groups -OCH3 is 1. The second-order valence-corrected chi connectivity index (χ2v) is 10.3. The van der Waals surface area contributed by atoms with Crippen LogP contribution in [0.4, 0.5) is 10.1 Å². The van der Waals surface area contributed by atoms with E-state index in [1.165, 1.54) is 24.2 Å². The van der Waals surface area contributed by atoms with E-state index in [-0.39, 0.29) is 12.2 Å². The molecule has 0 amide bonds. The van der Waals surface area contributed by atoms with E-state index in [9.17, 15) is 14.3 Å². The standard InChI is InChI=1S/C23H21FN2O3.C4H10O.C2H6OS/c1-12-18(9-19(27)28)20(14-4-6-16(24)7-5-14)13(2)21-22(12)25-10-15-8-17(29-3)11-26-23(15)21;1-4(2,3)5;1-3-4-2/h4-8,11,25H,9-10H2,1-3H3,(H,27,28);5H,1-3H3;1-2H3. The molecular formula is C29H37FN2O5S. The number of nitrogens with one attached hydrogen (secondary N) is 1. The number of nitrogens with zero attached hydrogens (tertiary/aromatic N) is 1. The number of aromatic nitrogens is 1. The molecule has 38 heavy (non-hydrogen) atoms. The van der Waals surface area contributed by atoms with Crippen molar-refractivity contribution in [2.45, 2.75) is 53.2 Å². The van der Waals surface area contributed by atoms with Gasteiger partial charge in [-0.3, -0.25) is 9.78 Å². The van der Waals surface area contributed by atoms with Gasteiger partial charge in [0, 0.05) is 29.6 Å². The third-order valence-corrected chi connectivity index (χ3v) is 5.96. The van der Waals surface area contributed by atoms with Crippen LogP contribution in [-0.4, -0.2) is 47.2 Å². The third kappa shape index (κ3) is 8.18. The van der Waals surface area contributed by atoms with Gasteiger partial charge in [0.05, 0.1) is 38.1 Å². The summed E-state index contributed by atoms with van der Waals surface area (Å²) in [5, 5.41) is 21.5. The van der Waals surface area contributed by atoms with Gasteiger partial charge in [0.2, 0.25) is 0 Å². The Kier molecular flexibility index (Phi) is 11.1. The Morgan fingerprint density at radius 1 is 1.13 bits per heavy atom. The van der Waals surface area contributed by atoms with Crippen LogP contribution < -0.4 is 10.1 Å². The molecule has 1 aliphatic rings. The van der Waals surface area contributed by atoms with E-state index in [1.54, 1.807) is 53.3 Å². The van der Waals surface area contributed by atoms with E-state index in [4.69, 9.17) is 9.84 Å². The molecule has 0 saturated carbocycles. The number of aliphatic hydroxyl groups is 1. The fourth-order valence-electron chi connectivity index (χ4n) is 4.10. The number of anilines is 1. The number of carbonyl (C=O) groups is 1. The molecule has 0 bridgehead atoms. The molecule has 0 fully saturated rings. The Balaban J connectivity index is 0.000000489. The van der Waals surface area contributed by atoms with Crippen molar-refractivity contribution in [3.05, 3.63) is 64.6 Å². The Labute approximate surface area is 228 Å². The second-order valence-electron chi connectivity index (χ2n) is 9.67. The average molecular weight is 545 g/mol. The van der Waals surface area contributed by atoms with Gasteiger partial charge in [-0.25, -0.2) is 4.39 Å². The summed E-state index contributed by atoms with van der Waals surface area (Å²) in [5.74, 6) is -0.554. The highest BCUT2D eigenvalue weighted by molar-refractivity contribution is 7.93. The topological polar surface area (TPSA) is 101 Å². The molecule has 2 heterocycles. The molecule has 206 valence electrons. The summed E-state index contributed by atoms with van der Waals surface area (Å²) in [6, 6.07) is 8.11. The Morgan fingerprint density at radius 3 is 2.21 bits per heavy atom. The molecule has 7 nitrogen and oxygen atoms in total. The van der Waals surface area contributed by atoms with E-state index >= 15 is 0 Å². The van der Waals surface area contributed by atoms with E-state index in [2.05, 4.69) is 14.5 Å². The second kappa shape index (κ2) is 13.6. The summed E-state index contributed by atoms with van der Waals surface area (Å²) >= 11 is 1.36. The van der Waals surface area contributed by atoms with E-state index < -0.39 is 11.6 Å². The monoisotopic (exact) mass is 544 g/mol. The van der Waals surface area contributed by atoms with Crippen LogP contribution in [0.1, 0.15) is 43.0 Å². The maximum atomic E-state index is 13.5. The fraction of sp³-hybridized carbons (Fsp3) is 0.379. The number of fused-ring (bicyclic) bond motifs is 3. The molecule has 0 aliphatic carbocycles. The highest BCUT2D eigenvalue weighted by Crippen LogP contribution is 2.46. The van der Waals surface area contributed by atoms with Gasteiger partial charge in [-0.1, -0.05) is 12.1 Å². The van der Waals surface area contributed by atoms with Gasteiger partial charge in [0.25, 0.3) is 0 Å². The summed E-state index contributed by atoms with van der Waals surface area (Å²) in [5.41, 5.74) is 7.32. The summed E-state index contributed by atoms with van der Waals surface area (Å²) in [4.78, 5) is 16.2. The van der Waals surface area contributed by atoms with Crippen LogP contribution in [0.25, 0.3) is 22.4 Å². The Bertz CT molecular complexity index is 1250. The van der Waals surface area contributed by atoms with Gasteiger partial charge < -0.3 is 24.4 Å². The van der Waals surface area contributed by atoms with Crippen LogP contribution in [0, 0.1) is 19.7 Å². The van der Waals surface area contributed by atoms with Crippen molar-refractivity contribution in [1.29, 1.82) is 0 Å². The smallest absolute Gasteiger partial charge is 0.307 e. The molecule has 4 rings (SSSR count). The molecule has 3 aromatic rings. The van der Waals surface area contributed by atoms with Crippen molar-refractivity contribution < 1.29 is 28.3 Å². The van der Waals surface area contributed by atoms with Gasteiger partial charge in [-0.2, -0.15) is 0 Å². The highest BCUT2D eigenvalue weighted by atomic mass is 32.2. The lowest BCUT2D eigenvalue weighted by Crippen LogP contribution is -2.16. The first-order valence-corrected chi connectivity index (χ1v) is 13.2. The lowest BCUT2D eigenvalue weighted by atomic mass is 9.82. The number of pyridine rings is 1. The molecule has 0 saturated heterocycles. The Hall–Kier alpha value is -3.14. The van der Waals surface area contributed by atoms with E-state index in [0.717, 1.165) is 50.3 Å². The summed E-state index contributed by atoms with van der Waals surface area (Å²) in [6.45, 7) is 9.69. The average Bonchev–Trinajstić information content (AvgIpc) is 2.86. The van der Waals surface area contributed by atoms with Crippen LogP contribution in [0.3, 0.4) is 0 Å². The number of ether oxygens (including phenoxy) is 1. The van der Waals surface area contributed by atoms with Crippen molar-refractivity contribution in [3.8, 4) is 28.1 Å². The van der Waals surface area contributed by atoms with Crippen molar-refractivity contribution in [1.82, 2.24) is 4.98 Å². The summed E-state index contributed by atoms with van der Waals surface area (Å²) in [7, 11) is 3.25. The molecule has 1 aromatic heterocycles. The molecule has 3 N–H and O–H groups in total. The number of halogens is 1. The van der Waals surface area contributed by atoms with Gasteiger partial charge in [0.15, 0.2) is 0 Å². The third-order valence-electron chi connectivity index (χ3n) is 5.63. The predicted octanol–water partition coefficient (Wildman–Crippen LogP) is 6.42. The minimum atomic E-state index is -0.908. The molecular weight excluding hydrogens is 507 g/mol. The fourth-order valence-corrected chi connectivity index (χ4v) is 4.10. The minimum Gasteiger partial charge on any atom is -0.495 e. The predicted molar refractivity (Wildman–Crippen MR) is 152 cm³/mol. The van der Waals surface area contributed by atoms with Crippen LogP contribution in [0.15, 0.2) is 36.5 Å². The molecule has 2 aromatic carbocycles. The SMILES string of the molecule is CC(C)(C)O.COSC.COc1cnc2c(c1)CNc1c(C)c(CC(=O)O)c(-c3ccc(F)cc3)c(C)c1-2. The molecule has 0 atom stereocenters. The van der Waals surface area contributed by atoms with E-state index in [1.807, 2.05) is 26.2 Å². The zero-order valence-electron chi connectivity index (χ0n) is 23.2. The van der Waals surface area contributed by atoms with Crippen molar-refractivity contribution in [2.24, 2.45) is 0 Å². The number of hydrogen-bond donors (Lipinski definition) is 3. The number of benzene rings is 2. The zero-order chi connectivity index (χ0) is 28.6. The van der Waals surface area contributed by atoms with Crippen molar-refractivity contribution in [2.75, 3.05) is 25.8 Å². The maximum absolute atomic E-state index is 13.5. The minimum absolute atomic E-state index is 0.114. The van der Waals surface area contributed by atoms with E-state index in [0.29, 0.717) is 12.3 Å². The van der Waals surface area contributed by atoms with Crippen LogP contribution in [0.2, 0.25) is 0 Å². The molecule has 0 spiro atoms. The van der Waals surface area contributed by atoms with Gasteiger partial charge in [-0.05, 0) is 92.7 Å². The zero-order valence-corrected chi connectivity index (χ0v) is 24.0. The first-order chi connectivity index (χ1) is 17.8. The van der Waals surface area contributed by atoms with Crippen LogP contribution in [-0.2, 0) is 21.9 Å². The van der Waals surface area contributed by atoms with Crippen molar-refractivity contribution in [3.63, 3.8) is 0 Å². The number of carboxylic acids is 1. The normalized spacial score (nSPS) is 11.5. The molecule has 9 heteroatoms. The number of carboxylic acid groups (broad SMARTS) is 1. The van der Waals surface area contributed by atoms with Crippen LogP contribution in [0.5, 0.6) is 5.75 Å². The van der Waals surface area contributed by atoms with Gasteiger partial charge in [-0.15, -0.1) is 0 Å². The first kappa shape index (κ1) is 31.1. The van der Waals surface area contributed by atoms with Crippen LogP contribution >= 0.6 is 12.0 Å². The number of hydrogen-bond acceptors (Lipinski definition) is 7. The lowest BCUT2D eigenvalue weighted by molar-refractivity contribution is -0.136. The number of aliphatic carboxylic acids is 1. The molecule has 1 aliphatic heterocycles. The molecule has 0 radical (unpaired) electrons. The maximum Gasteiger partial charge on any atom is 0.307 e. The Morgan fingerprint density at radius 2 is 1.71 bits per heavy atom.